The molecule has 0 N–H and O–H groups in total. The average Bonchev–Trinajstić information content (AvgIpc) is 2.91. The van der Waals surface area contributed by atoms with E-state index in [9.17, 15) is 4.79 Å². The molecule has 0 saturated heterocycles. The van der Waals surface area contributed by atoms with Gasteiger partial charge in [0.1, 0.15) is 0 Å². The lowest BCUT2D eigenvalue weighted by Crippen LogP contribution is -2.12. The highest BCUT2D eigenvalue weighted by molar-refractivity contribution is 5.87. The summed E-state index contributed by atoms with van der Waals surface area (Å²) in [6.07, 6.45) is 4.33. The Labute approximate surface area is 153 Å². The van der Waals surface area contributed by atoms with Gasteiger partial charge in [-0.2, -0.15) is 5.10 Å². The maximum Gasteiger partial charge on any atom is 0.331 e. The summed E-state index contributed by atoms with van der Waals surface area (Å²) in [6.45, 7) is 3.88. The number of rotatable bonds is 5. The minimum Gasteiger partial charge on any atom is -0.448 e. The standard InChI is InChI=1S/C21H21N3O2/c1-15-18(16(2)24(3)23-15)12-13-20(25)26-21(17-9-5-4-6-10-17)19-11-7-8-14-22-19/h4-14,21H,1-3H3. The van der Waals surface area contributed by atoms with E-state index in [0.29, 0.717) is 5.69 Å². The first kappa shape index (κ1) is 17.6. The third-order valence-corrected chi connectivity index (χ3v) is 4.24. The fraction of sp³-hybridized carbons (Fsp3) is 0.190. The summed E-state index contributed by atoms with van der Waals surface area (Å²) in [5.41, 5.74) is 4.36. The van der Waals surface area contributed by atoms with Crippen molar-refractivity contribution in [2.24, 2.45) is 7.05 Å². The van der Waals surface area contributed by atoms with Crippen LogP contribution in [0.3, 0.4) is 0 Å². The number of hydrogen-bond donors (Lipinski definition) is 0. The summed E-state index contributed by atoms with van der Waals surface area (Å²) in [5, 5.41) is 4.35. The molecule has 0 aliphatic rings. The van der Waals surface area contributed by atoms with Crippen LogP contribution in [0.15, 0.2) is 60.8 Å². The summed E-state index contributed by atoms with van der Waals surface area (Å²) in [5.74, 6) is -0.424. The number of hydrogen-bond acceptors (Lipinski definition) is 4. The van der Waals surface area contributed by atoms with Gasteiger partial charge in [0.25, 0.3) is 0 Å². The zero-order valence-corrected chi connectivity index (χ0v) is 15.1. The lowest BCUT2D eigenvalue weighted by molar-refractivity contribution is -0.141. The molecule has 0 spiro atoms. The Morgan fingerprint density at radius 1 is 1.12 bits per heavy atom. The second-order valence-corrected chi connectivity index (χ2v) is 6.02. The number of carbonyl (C=O) groups excluding carboxylic acids is 1. The van der Waals surface area contributed by atoms with Gasteiger partial charge in [-0.3, -0.25) is 9.67 Å². The normalized spacial score (nSPS) is 12.3. The predicted octanol–water partition coefficient (Wildman–Crippen LogP) is 3.78. The number of aryl methyl sites for hydroxylation is 2. The molecule has 5 nitrogen and oxygen atoms in total. The van der Waals surface area contributed by atoms with Gasteiger partial charge in [0.15, 0.2) is 6.10 Å². The van der Waals surface area contributed by atoms with E-state index in [-0.39, 0.29) is 0 Å². The highest BCUT2D eigenvalue weighted by Gasteiger charge is 2.19. The van der Waals surface area contributed by atoms with E-state index in [1.165, 1.54) is 6.08 Å². The lowest BCUT2D eigenvalue weighted by Gasteiger charge is -2.16. The van der Waals surface area contributed by atoms with E-state index >= 15 is 0 Å². The SMILES string of the molecule is Cc1nn(C)c(C)c1C=CC(=O)OC(c1ccccc1)c1ccccn1. The fourth-order valence-electron chi connectivity index (χ4n) is 2.80. The molecule has 3 aromatic rings. The number of benzene rings is 1. The van der Waals surface area contributed by atoms with Crippen LogP contribution in [0, 0.1) is 13.8 Å². The van der Waals surface area contributed by atoms with Crippen molar-refractivity contribution < 1.29 is 9.53 Å². The second-order valence-electron chi connectivity index (χ2n) is 6.02. The van der Waals surface area contributed by atoms with Crippen molar-refractivity contribution in [2.45, 2.75) is 20.0 Å². The number of esters is 1. The number of aromatic nitrogens is 3. The third-order valence-electron chi connectivity index (χ3n) is 4.24. The maximum atomic E-state index is 12.4. The van der Waals surface area contributed by atoms with Crippen molar-refractivity contribution >= 4 is 12.0 Å². The Morgan fingerprint density at radius 2 is 1.85 bits per heavy atom. The molecule has 0 fully saturated rings. The summed E-state index contributed by atoms with van der Waals surface area (Å²) in [4.78, 5) is 16.8. The molecule has 0 aliphatic heterocycles. The first-order valence-corrected chi connectivity index (χ1v) is 8.41. The molecule has 2 aromatic heterocycles. The number of carbonyl (C=O) groups is 1. The Kier molecular flexibility index (Phi) is 5.27. The van der Waals surface area contributed by atoms with Crippen molar-refractivity contribution in [3.63, 3.8) is 0 Å². The van der Waals surface area contributed by atoms with Crippen LogP contribution in [0.5, 0.6) is 0 Å². The average molecular weight is 347 g/mol. The molecule has 132 valence electrons. The molecule has 0 aliphatic carbocycles. The molecule has 26 heavy (non-hydrogen) atoms. The number of ether oxygens (including phenoxy) is 1. The van der Waals surface area contributed by atoms with Crippen LogP contribution >= 0.6 is 0 Å². The van der Waals surface area contributed by atoms with Gasteiger partial charge in [-0.15, -0.1) is 0 Å². The molecule has 0 bridgehead atoms. The number of pyridine rings is 1. The summed E-state index contributed by atoms with van der Waals surface area (Å²) < 4.78 is 7.51. The second kappa shape index (κ2) is 7.78. The molecular weight excluding hydrogens is 326 g/mol. The summed E-state index contributed by atoms with van der Waals surface area (Å²) >= 11 is 0. The number of nitrogens with zero attached hydrogens (tertiary/aromatic N) is 3. The third kappa shape index (κ3) is 3.88. The molecule has 5 heteroatoms. The van der Waals surface area contributed by atoms with E-state index in [1.807, 2.05) is 69.4 Å². The van der Waals surface area contributed by atoms with E-state index in [4.69, 9.17) is 4.74 Å². The lowest BCUT2D eigenvalue weighted by atomic mass is 10.1. The van der Waals surface area contributed by atoms with Gasteiger partial charge < -0.3 is 4.74 Å². The minimum atomic E-state index is -0.550. The van der Waals surface area contributed by atoms with Crippen LogP contribution in [0.1, 0.15) is 34.3 Å². The first-order valence-electron chi connectivity index (χ1n) is 8.41. The van der Waals surface area contributed by atoms with Crippen molar-refractivity contribution in [2.75, 3.05) is 0 Å². The van der Waals surface area contributed by atoms with Gasteiger partial charge in [-0.05, 0) is 37.6 Å². The van der Waals surface area contributed by atoms with Crippen LogP contribution in [0.4, 0.5) is 0 Å². The predicted molar refractivity (Wildman–Crippen MR) is 100 cm³/mol. The fourth-order valence-corrected chi connectivity index (χ4v) is 2.80. The van der Waals surface area contributed by atoms with Crippen LogP contribution in [0.25, 0.3) is 6.08 Å². The summed E-state index contributed by atoms with van der Waals surface area (Å²) in [6, 6.07) is 15.2. The molecule has 1 atom stereocenters. The molecule has 1 unspecified atom stereocenters. The van der Waals surface area contributed by atoms with Crippen molar-refractivity contribution in [3.05, 3.63) is 89.0 Å². The van der Waals surface area contributed by atoms with Gasteiger partial charge >= 0.3 is 5.97 Å². The van der Waals surface area contributed by atoms with Crippen molar-refractivity contribution in [1.29, 1.82) is 0 Å². The smallest absolute Gasteiger partial charge is 0.331 e. The summed E-state index contributed by atoms with van der Waals surface area (Å²) in [7, 11) is 1.88. The van der Waals surface area contributed by atoms with Gasteiger partial charge in [0.2, 0.25) is 0 Å². The van der Waals surface area contributed by atoms with Crippen LogP contribution in [-0.2, 0) is 16.6 Å². The largest absolute Gasteiger partial charge is 0.448 e. The van der Waals surface area contributed by atoms with E-state index < -0.39 is 12.1 Å². The Bertz CT molecular complexity index is 876. The molecule has 3 rings (SSSR count). The molecule has 0 saturated carbocycles. The molecule has 0 amide bonds. The van der Waals surface area contributed by atoms with Gasteiger partial charge in [-0.25, -0.2) is 4.79 Å². The van der Waals surface area contributed by atoms with Gasteiger partial charge in [0, 0.05) is 30.6 Å². The molecule has 2 heterocycles. The maximum absolute atomic E-state index is 12.4. The van der Waals surface area contributed by atoms with Crippen LogP contribution in [-0.4, -0.2) is 20.7 Å². The quantitative estimate of drug-likeness (QED) is 0.521. The minimum absolute atomic E-state index is 0.424. The Hall–Kier alpha value is -3.21. The zero-order chi connectivity index (χ0) is 18.5. The van der Waals surface area contributed by atoms with E-state index in [0.717, 1.165) is 22.5 Å². The van der Waals surface area contributed by atoms with Gasteiger partial charge in [0.05, 0.1) is 11.4 Å². The topological polar surface area (TPSA) is 57.0 Å². The highest BCUT2D eigenvalue weighted by atomic mass is 16.5. The van der Waals surface area contributed by atoms with Gasteiger partial charge in [-0.1, -0.05) is 36.4 Å². The first-order chi connectivity index (χ1) is 12.6. The Morgan fingerprint density at radius 3 is 2.46 bits per heavy atom. The monoisotopic (exact) mass is 347 g/mol. The van der Waals surface area contributed by atoms with Crippen LogP contribution in [0.2, 0.25) is 0 Å². The van der Waals surface area contributed by atoms with Crippen molar-refractivity contribution in [1.82, 2.24) is 14.8 Å². The molecule has 1 aromatic carbocycles. The zero-order valence-electron chi connectivity index (χ0n) is 15.1. The van der Waals surface area contributed by atoms with E-state index in [1.54, 1.807) is 17.0 Å². The van der Waals surface area contributed by atoms with Crippen LogP contribution < -0.4 is 0 Å². The highest BCUT2D eigenvalue weighted by Crippen LogP contribution is 2.24. The van der Waals surface area contributed by atoms with Crippen molar-refractivity contribution in [3.8, 4) is 0 Å². The molecule has 0 radical (unpaired) electrons. The molecular formula is C21H21N3O2. The van der Waals surface area contributed by atoms with E-state index in [2.05, 4.69) is 10.1 Å². The Balaban J connectivity index is 1.83.